The Morgan fingerprint density at radius 1 is 1.14 bits per heavy atom. The minimum atomic E-state index is -0.629. The number of nitrogens with zero attached hydrogens (tertiary/aromatic N) is 3. The van der Waals surface area contributed by atoms with Crippen LogP contribution in [0.1, 0.15) is 49.5 Å². The number of methoxy groups -OCH3 is 1. The summed E-state index contributed by atoms with van der Waals surface area (Å²) in [6.07, 6.45) is 2.83. The normalized spacial score (nSPS) is 17.0. The van der Waals surface area contributed by atoms with E-state index in [0.29, 0.717) is 47.0 Å². The van der Waals surface area contributed by atoms with Crippen LogP contribution >= 0.6 is 11.3 Å². The molecule has 10 heteroatoms. The number of imide groups is 1. The molecule has 2 aliphatic rings. The van der Waals surface area contributed by atoms with Crippen LogP contribution in [0.3, 0.4) is 0 Å². The molecule has 35 heavy (non-hydrogen) atoms. The average Bonchev–Trinajstić information content (AvgIpc) is 3.62. The lowest BCUT2D eigenvalue weighted by Crippen LogP contribution is -2.43. The lowest BCUT2D eigenvalue weighted by atomic mass is 10.1. The van der Waals surface area contributed by atoms with Crippen molar-refractivity contribution in [2.75, 3.05) is 19.0 Å². The minimum absolute atomic E-state index is 0.0184. The van der Waals surface area contributed by atoms with E-state index in [0.717, 1.165) is 0 Å². The molecule has 3 aromatic rings. The maximum absolute atomic E-state index is 13.5. The van der Waals surface area contributed by atoms with Crippen LogP contribution in [-0.2, 0) is 11.3 Å². The minimum Gasteiger partial charge on any atom is -0.496 e. The van der Waals surface area contributed by atoms with Crippen molar-refractivity contribution in [2.45, 2.75) is 25.4 Å². The summed E-state index contributed by atoms with van der Waals surface area (Å²) in [6, 6.07) is 11.0. The Morgan fingerprint density at radius 3 is 2.54 bits per heavy atom. The second-order valence-electron chi connectivity index (χ2n) is 8.26. The lowest BCUT2D eigenvalue weighted by molar-refractivity contribution is -0.119. The van der Waals surface area contributed by atoms with Gasteiger partial charge in [0.15, 0.2) is 5.13 Å². The molecule has 9 nitrogen and oxygen atoms in total. The Hall–Kier alpha value is -4.05. The molecule has 1 fully saturated rings. The van der Waals surface area contributed by atoms with Crippen LogP contribution in [0.15, 0.2) is 54.0 Å². The van der Waals surface area contributed by atoms with Crippen LogP contribution in [0.25, 0.3) is 0 Å². The third-order valence-corrected chi connectivity index (χ3v) is 6.88. The molecule has 5 rings (SSSR count). The van der Waals surface area contributed by atoms with E-state index in [1.807, 2.05) is 0 Å². The Kier molecular flexibility index (Phi) is 6.04. The molecule has 178 valence electrons. The SMILES string of the molecule is COc1ccc(CN2C(=O)c3ccccc3C2=O)cc1C(=O)N1CCCC1C(=O)Nc1nccs1. The second-order valence-corrected chi connectivity index (χ2v) is 9.15. The van der Waals surface area contributed by atoms with Crippen LogP contribution in [0.5, 0.6) is 5.75 Å². The predicted octanol–water partition coefficient (Wildman–Crippen LogP) is 3.19. The first kappa shape index (κ1) is 22.7. The first-order chi connectivity index (χ1) is 17.0. The standard InChI is InChI=1S/C25H22N4O5S/c1-34-20-9-8-15(14-29-22(31)16-5-2-3-6-17(16)23(29)32)13-18(20)24(33)28-11-4-7-19(28)21(30)27-25-26-10-12-35-25/h2-3,5-6,8-10,12-13,19H,4,7,11,14H2,1H3,(H,26,27,30). The van der Waals surface area contributed by atoms with Gasteiger partial charge in [-0.25, -0.2) is 4.98 Å². The van der Waals surface area contributed by atoms with Crippen molar-refractivity contribution >= 4 is 40.1 Å². The molecule has 4 amide bonds. The highest BCUT2D eigenvalue weighted by Crippen LogP contribution is 2.29. The fourth-order valence-electron chi connectivity index (χ4n) is 4.50. The second kappa shape index (κ2) is 9.30. The van der Waals surface area contributed by atoms with E-state index in [9.17, 15) is 19.2 Å². The first-order valence-electron chi connectivity index (χ1n) is 11.1. The van der Waals surface area contributed by atoms with Gasteiger partial charge in [0.25, 0.3) is 17.7 Å². The number of carbonyl (C=O) groups is 4. The van der Waals surface area contributed by atoms with Crippen molar-refractivity contribution in [3.8, 4) is 5.75 Å². The molecule has 2 aromatic carbocycles. The van der Waals surface area contributed by atoms with Crippen molar-refractivity contribution in [2.24, 2.45) is 0 Å². The summed E-state index contributed by atoms with van der Waals surface area (Å²) in [5.74, 6) is -1.01. The van der Waals surface area contributed by atoms with Gasteiger partial charge in [0.05, 0.1) is 30.3 Å². The topological polar surface area (TPSA) is 109 Å². The number of likely N-dealkylation sites (tertiary alicyclic amines) is 1. The van der Waals surface area contributed by atoms with E-state index in [1.165, 1.54) is 28.2 Å². The van der Waals surface area contributed by atoms with E-state index in [2.05, 4.69) is 10.3 Å². The fourth-order valence-corrected chi connectivity index (χ4v) is 5.03. The molecule has 1 saturated heterocycles. The monoisotopic (exact) mass is 490 g/mol. The van der Waals surface area contributed by atoms with Crippen LogP contribution in [0, 0.1) is 0 Å². The Morgan fingerprint density at radius 2 is 1.89 bits per heavy atom. The number of hydrogen-bond acceptors (Lipinski definition) is 7. The van der Waals surface area contributed by atoms with Crippen molar-refractivity contribution in [1.82, 2.24) is 14.8 Å². The first-order valence-corrected chi connectivity index (χ1v) is 12.0. The van der Waals surface area contributed by atoms with E-state index in [1.54, 1.807) is 54.0 Å². The summed E-state index contributed by atoms with van der Waals surface area (Å²) in [6.45, 7) is 0.450. The predicted molar refractivity (Wildman–Crippen MR) is 128 cm³/mol. The van der Waals surface area contributed by atoms with Crippen molar-refractivity contribution in [3.05, 3.63) is 76.3 Å². The van der Waals surface area contributed by atoms with E-state index >= 15 is 0 Å². The Balaban J connectivity index is 1.38. The molecule has 3 heterocycles. The number of fused-ring (bicyclic) bond motifs is 1. The van der Waals surface area contributed by atoms with E-state index in [4.69, 9.17) is 4.74 Å². The number of ether oxygens (including phenoxy) is 1. The third kappa shape index (κ3) is 4.17. The van der Waals surface area contributed by atoms with Gasteiger partial charge in [0.1, 0.15) is 11.8 Å². The van der Waals surface area contributed by atoms with Crippen LogP contribution in [0.4, 0.5) is 5.13 Å². The molecule has 1 atom stereocenters. The zero-order valence-electron chi connectivity index (χ0n) is 18.9. The van der Waals surface area contributed by atoms with Gasteiger partial charge in [0, 0.05) is 18.1 Å². The van der Waals surface area contributed by atoms with Crippen molar-refractivity contribution in [1.29, 1.82) is 0 Å². The summed E-state index contributed by atoms with van der Waals surface area (Å²) in [5.41, 5.74) is 1.61. The summed E-state index contributed by atoms with van der Waals surface area (Å²) in [5, 5.41) is 5.01. The summed E-state index contributed by atoms with van der Waals surface area (Å²) in [4.78, 5) is 58.7. The van der Waals surface area contributed by atoms with E-state index in [-0.39, 0.29) is 35.7 Å². The smallest absolute Gasteiger partial charge is 0.261 e. The number of anilines is 1. The molecule has 0 spiro atoms. The van der Waals surface area contributed by atoms with E-state index < -0.39 is 6.04 Å². The molecule has 0 radical (unpaired) electrons. The number of amides is 4. The van der Waals surface area contributed by atoms with Crippen molar-refractivity contribution < 1.29 is 23.9 Å². The van der Waals surface area contributed by atoms with Gasteiger partial charge < -0.3 is 15.0 Å². The summed E-state index contributed by atoms with van der Waals surface area (Å²) in [7, 11) is 1.46. The Bertz CT molecular complexity index is 1290. The van der Waals surface area contributed by atoms with Crippen molar-refractivity contribution in [3.63, 3.8) is 0 Å². The highest BCUT2D eigenvalue weighted by molar-refractivity contribution is 7.13. The molecule has 0 aliphatic carbocycles. The molecule has 0 bridgehead atoms. The number of benzene rings is 2. The maximum atomic E-state index is 13.5. The number of thiazole rings is 1. The molecular weight excluding hydrogens is 468 g/mol. The van der Waals surface area contributed by atoms with Gasteiger partial charge in [-0.05, 0) is 42.7 Å². The number of rotatable bonds is 6. The summed E-state index contributed by atoms with van der Waals surface area (Å²) < 4.78 is 5.42. The highest BCUT2D eigenvalue weighted by atomic mass is 32.1. The average molecular weight is 491 g/mol. The highest BCUT2D eigenvalue weighted by Gasteiger charge is 2.37. The zero-order valence-corrected chi connectivity index (χ0v) is 19.7. The van der Waals surface area contributed by atoms with Crippen LogP contribution in [-0.4, -0.2) is 58.1 Å². The Labute approximate surface area is 205 Å². The van der Waals surface area contributed by atoms with Gasteiger partial charge in [-0.2, -0.15) is 0 Å². The van der Waals surface area contributed by atoms with Gasteiger partial charge in [-0.3, -0.25) is 24.1 Å². The molecule has 0 saturated carbocycles. The quantitative estimate of drug-likeness (QED) is 0.532. The number of hydrogen-bond donors (Lipinski definition) is 1. The van der Waals surface area contributed by atoms with Crippen LogP contribution in [0.2, 0.25) is 0 Å². The molecule has 2 aliphatic heterocycles. The van der Waals surface area contributed by atoms with Gasteiger partial charge in [-0.1, -0.05) is 18.2 Å². The van der Waals surface area contributed by atoms with Gasteiger partial charge >= 0.3 is 0 Å². The molecule has 1 unspecified atom stereocenters. The molecular formula is C25H22N4O5S. The van der Waals surface area contributed by atoms with Gasteiger partial charge in [0.2, 0.25) is 5.91 Å². The van der Waals surface area contributed by atoms with Gasteiger partial charge in [-0.15, -0.1) is 11.3 Å². The maximum Gasteiger partial charge on any atom is 0.261 e. The largest absolute Gasteiger partial charge is 0.496 e. The van der Waals surface area contributed by atoms with Crippen LogP contribution < -0.4 is 10.1 Å². The molecule has 1 aromatic heterocycles. The lowest BCUT2D eigenvalue weighted by Gasteiger charge is -2.25. The number of carbonyl (C=O) groups excluding carboxylic acids is 4. The molecule has 1 N–H and O–H groups in total. The number of aromatic nitrogens is 1. The fraction of sp³-hybridized carbons (Fsp3) is 0.240. The summed E-state index contributed by atoms with van der Waals surface area (Å²) >= 11 is 1.31. The zero-order chi connectivity index (χ0) is 24.5. The number of nitrogens with one attached hydrogen (secondary N) is 1. The third-order valence-electron chi connectivity index (χ3n) is 6.19.